The first-order chi connectivity index (χ1) is 9.69. The van der Waals surface area contributed by atoms with E-state index in [1.807, 2.05) is 24.3 Å². The number of carbonyl (C=O) groups is 1. The van der Waals surface area contributed by atoms with Crippen molar-refractivity contribution in [1.29, 1.82) is 0 Å². The minimum Gasteiger partial charge on any atom is -0.497 e. The summed E-state index contributed by atoms with van der Waals surface area (Å²) in [6.07, 6.45) is 3.69. The van der Waals surface area contributed by atoms with Crippen LogP contribution in [0.25, 0.3) is 0 Å². The van der Waals surface area contributed by atoms with Crippen LogP contribution in [0.4, 0.5) is 0 Å². The highest BCUT2D eigenvalue weighted by molar-refractivity contribution is 9.10. The van der Waals surface area contributed by atoms with E-state index in [2.05, 4.69) is 31.2 Å². The maximum absolute atomic E-state index is 11.8. The van der Waals surface area contributed by atoms with Crippen molar-refractivity contribution in [2.45, 2.75) is 6.42 Å². The van der Waals surface area contributed by atoms with Crippen LogP contribution < -0.4 is 10.1 Å². The number of aromatic nitrogens is 2. The number of hydrogen-bond acceptors (Lipinski definition) is 4. The van der Waals surface area contributed by atoms with Crippen LogP contribution in [-0.4, -0.2) is 29.5 Å². The fourth-order valence-corrected chi connectivity index (χ4v) is 1.84. The second kappa shape index (κ2) is 7.00. The van der Waals surface area contributed by atoms with Crippen molar-refractivity contribution >= 4 is 21.8 Å². The van der Waals surface area contributed by atoms with E-state index >= 15 is 0 Å². The van der Waals surface area contributed by atoms with Crippen molar-refractivity contribution in [3.05, 3.63) is 52.5 Å². The lowest BCUT2D eigenvalue weighted by atomic mass is 10.1. The fraction of sp³-hybridized carbons (Fsp3) is 0.214. The van der Waals surface area contributed by atoms with Crippen molar-refractivity contribution in [3.8, 4) is 5.75 Å². The molecule has 0 aliphatic heterocycles. The molecule has 1 aromatic heterocycles. The maximum atomic E-state index is 11.8. The van der Waals surface area contributed by atoms with E-state index in [9.17, 15) is 4.79 Å². The molecule has 5 nitrogen and oxygen atoms in total. The first kappa shape index (κ1) is 14.5. The minimum absolute atomic E-state index is 0.224. The Bertz CT molecular complexity index is 570. The number of ether oxygens (including phenoxy) is 1. The molecule has 0 atom stereocenters. The van der Waals surface area contributed by atoms with Crippen LogP contribution in [0.3, 0.4) is 0 Å². The van der Waals surface area contributed by atoms with E-state index in [0.29, 0.717) is 16.8 Å². The summed E-state index contributed by atoms with van der Waals surface area (Å²) in [7, 11) is 1.63. The first-order valence-electron chi connectivity index (χ1n) is 6.07. The number of carbonyl (C=O) groups excluding carboxylic acids is 1. The Morgan fingerprint density at radius 3 is 2.60 bits per heavy atom. The van der Waals surface area contributed by atoms with Crippen molar-refractivity contribution in [3.63, 3.8) is 0 Å². The van der Waals surface area contributed by atoms with Crippen LogP contribution in [0, 0.1) is 0 Å². The van der Waals surface area contributed by atoms with Gasteiger partial charge in [0.2, 0.25) is 0 Å². The molecule has 1 N–H and O–H groups in total. The van der Waals surface area contributed by atoms with Gasteiger partial charge in [0.1, 0.15) is 16.0 Å². The third kappa shape index (κ3) is 4.03. The van der Waals surface area contributed by atoms with Crippen molar-refractivity contribution in [1.82, 2.24) is 15.3 Å². The molecule has 0 fully saturated rings. The quantitative estimate of drug-likeness (QED) is 0.909. The normalized spacial score (nSPS) is 10.1. The number of nitrogens with one attached hydrogen (secondary N) is 1. The van der Waals surface area contributed by atoms with Crippen LogP contribution in [0.15, 0.2) is 41.3 Å². The third-order valence-corrected chi connectivity index (χ3v) is 3.12. The van der Waals surface area contributed by atoms with Crippen LogP contribution in [0.1, 0.15) is 16.1 Å². The van der Waals surface area contributed by atoms with Gasteiger partial charge in [0.05, 0.1) is 19.5 Å². The average molecular weight is 336 g/mol. The van der Waals surface area contributed by atoms with Gasteiger partial charge in [0, 0.05) is 6.54 Å². The molecule has 1 aromatic carbocycles. The molecule has 2 aromatic rings. The number of amides is 1. The molecule has 2 rings (SSSR count). The van der Waals surface area contributed by atoms with E-state index in [1.165, 1.54) is 12.4 Å². The van der Waals surface area contributed by atoms with Gasteiger partial charge >= 0.3 is 0 Å². The first-order valence-corrected chi connectivity index (χ1v) is 6.87. The number of hydrogen-bond donors (Lipinski definition) is 1. The largest absolute Gasteiger partial charge is 0.497 e. The predicted octanol–water partition coefficient (Wildman–Crippen LogP) is 2.22. The molecule has 0 unspecified atom stereocenters. The molecule has 6 heteroatoms. The monoisotopic (exact) mass is 335 g/mol. The summed E-state index contributed by atoms with van der Waals surface area (Å²) in [6, 6.07) is 7.75. The van der Waals surface area contributed by atoms with Gasteiger partial charge in [0.25, 0.3) is 5.91 Å². The van der Waals surface area contributed by atoms with Crippen molar-refractivity contribution in [2.24, 2.45) is 0 Å². The maximum Gasteiger partial charge on any atom is 0.271 e. The molecule has 0 bridgehead atoms. The van der Waals surface area contributed by atoms with Gasteiger partial charge in [-0.1, -0.05) is 12.1 Å². The summed E-state index contributed by atoms with van der Waals surface area (Å²) < 4.78 is 5.69. The molecule has 1 amide bonds. The SMILES string of the molecule is COc1ccc(CCNC(=O)c2cnc(Br)cn2)cc1. The van der Waals surface area contributed by atoms with Crippen LogP contribution in [0.5, 0.6) is 5.75 Å². The molecule has 0 saturated heterocycles. The predicted molar refractivity (Wildman–Crippen MR) is 78.8 cm³/mol. The second-order valence-corrected chi connectivity index (χ2v) is 4.89. The molecule has 0 spiro atoms. The topological polar surface area (TPSA) is 64.1 Å². The van der Waals surface area contributed by atoms with Gasteiger partial charge in [-0.15, -0.1) is 0 Å². The number of nitrogens with zero attached hydrogens (tertiary/aromatic N) is 2. The zero-order valence-electron chi connectivity index (χ0n) is 11.0. The summed E-state index contributed by atoms with van der Waals surface area (Å²) in [4.78, 5) is 19.8. The Morgan fingerprint density at radius 1 is 1.25 bits per heavy atom. The fourth-order valence-electron chi connectivity index (χ4n) is 1.63. The molecule has 0 aliphatic carbocycles. The molecule has 0 aliphatic rings. The Balaban J connectivity index is 1.82. The van der Waals surface area contributed by atoms with Crippen molar-refractivity contribution < 1.29 is 9.53 Å². The Labute approximate surface area is 125 Å². The summed E-state index contributed by atoms with van der Waals surface area (Å²) in [5.74, 6) is 0.599. The molecule has 1 heterocycles. The molecule has 0 saturated carbocycles. The molecule has 104 valence electrons. The highest BCUT2D eigenvalue weighted by atomic mass is 79.9. The highest BCUT2D eigenvalue weighted by Crippen LogP contribution is 2.11. The Kier molecular flexibility index (Phi) is 5.06. The lowest BCUT2D eigenvalue weighted by Crippen LogP contribution is -2.26. The van der Waals surface area contributed by atoms with E-state index in [1.54, 1.807) is 7.11 Å². The molecular weight excluding hydrogens is 322 g/mol. The Hall–Kier alpha value is -1.95. The average Bonchev–Trinajstić information content (AvgIpc) is 2.48. The molecule has 20 heavy (non-hydrogen) atoms. The zero-order valence-corrected chi connectivity index (χ0v) is 12.6. The van der Waals surface area contributed by atoms with Gasteiger partial charge < -0.3 is 10.1 Å². The standard InChI is InChI=1S/C14H14BrN3O2/c1-20-11-4-2-10(3-5-11)6-7-16-14(19)12-8-18-13(15)9-17-12/h2-5,8-9H,6-7H2,1H3,(H,16,19). The summed E-state index contributed by atoms with van der Waals surface area (Å²) >= 11 is 3.17. The zero-order chi connectivity index (χ0) is 14.4. The Morgan fingerprint density at radius 2 is 2.00 bits per heavy atom. The van der Waals surface area contributed by atoms with Gasteiger partial charge in [-0.25, -0.2) is 9.97 Å². The molecule has 0 radical (unpaired) electrons. The second-order valence-electron chi connectivity index (χ2n) is 4.08. The van der Waals surface area contributed by atoms with Gasteiger partial charge in [0.15, 0.2) is 0 Å². The van der Waals surface area contributed by atoms with Gasteiger partial charge in [-0.3, -0.25) is 4.79 Å². The summed E-state index contributed by atoms with van der Waals surface area (Å²) in [5, 5.41) is 2.81. The van der Waals surface area contributed by atoms with Crippen LogP contribution in [-0.2, 0) is 6.42 Å². The van der Waals surface area contributed by atoms with E-state index in [4.69, 9.17) is 4.74 Å². The van der Waals surface area contributed by atoms with Gasteiger partial charge in [-0.2, -0.15) is 0 Å². The van der Waals surface area contributed by atoms with Gasteiger partial charge in [-0.05, 0) is 40.0 Å². The lowest BCUT2D eigenvalue weighted by Gasteiger charge is -2.05. The summed E-state index contributed by atoms with van der Waals surface area (Å²) in [5.41, 5.74) is 1.44. The number of rotatable bonds is 5. The molecular formula is C14H14BrN3O2. The smallest absolute Gasteiger partial charge is 0.271 e. The minimum atomic E-state index is -0.224. The number of halogens is 1. The van der Waals surface area contributed by atoms with E-state index < -0.39 is 0 Å². The lowest BCUT2D eigenvalue weighted by molar-refractivity contribution is 0.0948. The van der Waals surface area contributed by atoms with Crippen LogP contribution in [0.2, 0.25) is 0 Å². The summed E-state index contributed by atoms with van der Waals surface area (Å²) in [6.45, 7) is 0.545. The van der Waals surface area contributed by atoms with E-state index in [-0.39, 0.29) is 5.91 Å². The van der Waals surface area contributed by atoms with Crippen LogP contribution >= 0.6 is 15.9 Å². The number of benzene rings is 1. The highest BCUT2D eigenvalue weighted by Gasteiger charge is 2.06. The third-order valence-electron chi connectivity index (χ3n) is 2.71. The van der Waals surface area contributed by atoms with E-state index in [0.717, 1.165) is 17.7 Å². The van der Waals surface area contributed by atoms with Crippen molar-refractivity contribution in [2.75, 3.05) is 13.7 Å². The number of methoxy groups -OCH3 is 1.